The summed E-state index contributed by atoms with van der Waals surface area (Å²) in [6.45, 7) is 1.08. The van der Waals surface area contributed by atoms with Gasteiger partial charge < -0.3 is 4.90 Å². The Hall–Kier alpha value is -2.87. The lowest BCUT2D eigenvalue weighted by Gasteiger charge is -2.32. The fraction of sp³-hybridized carbons (Fsp3) is 0.320. The predicted molar refractivity (Wildman–Crippen MR) is 146 cm³/mol. The molecule has 3 aromatic rings. The number of nitrogens with two attached hydrogens (primary N) is 1. The number of nitrogens with zero attached hydrogens (tertiary/aromatic N) is 4. The van der Waals surface area contributed by atoms with Crippen LogP contribution >= 0.6 is 23.4 Å². The number of carbonyl (C=O) groups is 1. The van der Waals surface area contributed by atoms with Gasteiger partial charge in [0.15, 0.2) is 5.17 Å². The van der Waals surface area contributed by atoms with Gasteiger partial charge in [0.1, 0.15) is 0 Å². The van der Waals surface area contributed by atoms with Crippen LogP contribution in [0.2, 0.25) is 5.02 Å². The SMILES string of the molecule is NS(=O)(=O)CC1CCN(C2=NC(=O)C(=Cc3ccc4c(cnn4Cc4ccc(Cl)cc4C(F)(F)F)c3)S2)CC1. The molecule has 2 N–H and O–H groups in total. The molecule has 2 aliphatic rings. The van der Waals surface area contributed by atoms with Gasteiger partial charge in [-0.15, -0.1) is 0 Å². The number of rotatable bonds is 5. The lowest BCUT2D eigenvalue weighted by molar-refractivity contribution is -0.138. The number of fused-ring (bicyclic) bond motifs is 1. The number of benzene rings is 2. The standard InChI is InChI=1S/C25H23ClF3N5O3S2/c26-19-3-2-17(20(11-19)25(27,28)29)13-34-21-4-1-16(9-18(21)12-31-34)10-22-23(35)32-24(38-22)33-7-5-15(6-8-33)14-39(30,36)37/h1-4,9-12,15H,5-8,13-14H2,(H2,30,36,37). The van der Waals surface area contributed by atoms with Crippen LogP contribution in [0.25, 0.3) is 17.0 Å². The van der Waals surface area contributed by atoms with Crippen LogP contribution in [0.5, 0.6) is 0 Å². The van der Waals surface area contributed by atoms with Gasteiger partial charge in [0.2, 0.25) is 10.0 Å². The number of amidine groups is 1. The highest BCUT2D eigenvalue weighted by molar-refractivity contribution is 8.18. The summed E-state index contributed by atoms with van der Waals surface area (Å²) in [7, 11) is -3.53. The number of thioether (sulfide) groups is 1. The first kappa shape index (κ1) is 27.7. The molecule has 2 aromatic carbocycles. The monoisotopic (exact) mass is 597 g/mol. The number of aliphatic imine (C=N–C) groups is 1. The molecule has 5 rings (SSSR count). The molecule has 1 aromatic heterocycles. The summed E-state index contributed by atoms with van der Waals surface area (Å²) in [6, 6.07) is 9.00. The molecular formula is C25H23ClF3N5O3S2. The maximum absolute atomic E-state index is 13.5. The molecule has 0 bridgehead atoms. The maximum Gasteiger partial charge on any atom is 0.416 e. The van der Waals surface area contributed by atoms with Crippen LogP contribution in [0.1, 0.15) is 29.5 Å². The highest BCUT2D eigenvalue weighted by Gasteiger charge is 2.34. The van der Waals surface area contributed by atoms with Gasteiger partial charge in [0.05, 0.1) is 34.5 Å². The van der Waals surface area contributed by atoms with Gasteiger partial charge in [-0.05, 0) is 72.0 Å². The molecule has 1 saturated heterocycles. The van der Waals surface area contributed by atoms with Crippen LogP contribution < -0.4 is 5.14 Å². The second-order valence-electron chi connectivity index (χ2n) is 9.49. The summed E-state index contributed by atoms with van der Waals surface area (Å²) >= 11 is 7.05. The van der Waals surface area contributed by atoms with E-state index in [1.54, 1.807) is 24.4 Å². The third-order valence-corrected chi connectivity index (χ3v) is 8.84. The third-order valence-electron chi connectivity index (χ3n) is 6.62. The molecule has 0 unspecified atom stereocenters. The molecular weight excluding hydrogens is 575 g/mol. The summed E-state index contributed by atoms with van der Waals surface area (Å²) in [5.74, 6) is -0.423. The van der Waals surface area contributed by atoms with Crippen molar-refractivity contribution in [2.75, 3.05) is 18.8 Å². The Bertz CT molecular complexity index is 1610. The Kier molecular flexibility index (Phi) is 7.53. The minimum absolute atomic E-state index is 0.00655. The van der Waals surface area contributed by atoms with Gasteiger partial charge in [-0.25, -0.2) is 13.6 Å². The zero-order valence-electron chi connectivity index (χ0n) is 20.4. The van der Waals surface area contributed by atoms with Gasteiger partial charge in [-0.1, -0.05) is 23.7 Å². The molecule has 3 heterocycles. The van der Waals surface area contributed by atoms with Crippen LogP contribution in [0.3, 0.4) is 0 Å². The van der Waals surface area contributed by atoms with Gasteiger partial charge in [-0.3, -0.25) is 9.48 Å². The summed E-state index contributed by atoms with van der Waals surface area (Å²) in [5.41, 5.74) is 0.615. The Labute approximate surface area is 231 Å². The van der Waals surface area contributed by atoms with Crippen LogP contribution in [0.15, 0.2) is 52.5 Å². The summed E-state index contributed by atoms with van der Waals surface area (Å²) in [4.78, 5) is 19.2. The third kappa shape index (κ3) is 6.48. The smallest absolute Gasteiger partial charge is 0.351 e. The van der Waals surface area contributed by atoms with Crippen molar-refractivity contribution in [1.82, 2.24) is 14.7 Å². The first-order valence-corrected chi connectivity index (χ1v) is 14.9. The van der Waals surface area contributed by atoms with E-state index in [1.807, 2.05) is 11.0 Å². The second kappa shape index (κ2) is 10.6. The largest absolute Gasteiger partial charge is 0.416 e. The van der Waals surface area contributed by atoms with E-state index in [4.69, 9.17) is 16.7 Å². The molecule has 14 heteroatoms. The molecule has 0 atom stereocenters. The van der Waals surface area contributed by atoms with Crippen molar-refractivity contribution >= 4 is 61.4 Å². The predicted octanol–water partition coefficient (Wildman–Crippen LogP) is 4.73. The van der Waals surface area contributed by atoms with Gasteiger partial charge in [0.25, 0.3) is 5.91 Å². The van der Waals surface area contributed by atoms with Crippen molar-refractivity contribution in [3.8, 4) is 0 Å². The fourth-order valence-corrected chi connectivity index (χ4v) is 6.86. The molecule has 8 nitrogen and oxygen atoms in total. The average molecular weight is 598 g/mol. The molecule has 0 spiro atoms. The van der Waals surface area contributed by atoms with E-state index in [0.717, 1.165) is 11.6 Å². The Morgan fingerprint density at radius 2 is 1.90 bits per heavy atom. The lowest BCUT2D eigenvalue weighted by atomic mass is 9.99. The quantitative estimate of drug-likeness (QED) is 0.426. The average Bonchev–Trinajstić information content (AvgIpc) is 3.42. The van der Waals surface area contributed by atoms with Crippen molar-refractivity contribution in [1.29, 1.82) is 0 Å². The van der Waals surface area contributed by atoms with E-state index >= 15 is 0 Å². The first-order chi connectivity index (χ1) is 18.4. The Morgan fingerprint density at radius 3 is 2.59 bits per heavy atom. The van der Waals surface area contributed by atoms with E-state index in [9.17, 15) is 26.4 Å². The van der Waals surface area contributed by atoms with E-state index in [0.29, 0.717) is 46.9 Å². The van der Waals surface area contributed by atoms with Gasteiger partial charge >= 0.3 is 6.18 Å². The highest BCUT2D eigenvalue weighted by Crippen LogP contribution is 2.35. The van der Waals surface area contributed by atoms with E-state index in [1.165, 1.54) is 28.6 Å². The van der Waals surface area contributed by atoms with Crippen LogP contribution in [-0.2, 0) is 27.5 Å². The number of carbonyl (C=O) groups excluding carboxylic acids is 1. The summed E-state index contributed by atoms with van der Waals surface area (Å²) < 4.78 is 64.7. The van der Waals surface area contributed by atoms with E-state index < -0.39 is 21.8 Å². The number of hydrogen-bond acceptors (Lipinski definition) is 6. The van der Waals surface area contributed by atoms with Crippen molar-refractivity contribution in [3.63, 3.8) is 0 Å². The maximum atomic E-state index is 13.5. The van der Waals surface area contributed by atoms with Crippen molar-refractivity contribution in [3.05, 3.63) is 69.2 Å². The summed E-state index contributed by atoms with van der Waals surface area (Å²) in [5, 5.41) is 10.7. The molecule has 1 fully saturated rings. The number of hydrogen-bond donors (Lipinski definition) is 1. The molecule has 1 amide bonds. The highest BCUT2D eigenvalue weighted by atomic mass is 35.5. The Morgan fingerprint density at radius 1 is 1.15 bits per heavy atom. The normalized spacial score (nSPS) is 18.4. The van der Waals surface area contributed by atoms with Gasteiger partial charge in [0, 0.05) is 23.5 Å². The Balaban J connectivity index is 1.29. The number of amides is 1. The zero-order valence-corrected chi connectivity index (χ0v) is 22.7. The van der Waals surface area contributed by atoms with Gasteiger partial charge in [-0.2, -0.15) is 23.3 Å². The van der Waals surface area contributed by atoms with Crippen LogP contribution in [-0.4, -0.2) is 53.0 Å². The molecule has 0 radical (unpaired) electrons. The number of halogens is 4. The molecule has 39 heavy (non-hydrogen) atoms. The number of sulfonamides is 1. The van der Waals surface area contributed by atoms with Crippen molar-refractivity contribution in [2.45, 2.75) is 25.6 Å². The topological polar surface area (TPSA) is 111 Å². The van der Waals surface area contributed by atoms with Crippen LogP contribution in [0.4, 0.5) is 13.2 Å². The van der Waals surface area contributed by atoms with E-state index in [2.05, 4.69) is 10.1 Å². The number of likely N-dealkylation sites (tertiary alicyclic amines) is 1. The molecule has 0 aliphatic carbocycles. The molecule has 206 valence electrons. The van der Waals surface area contributed by atoms with Crippen molar-refractivity contribution in [2.24, 2.45) is 16.0 Å². The number of piperidine rings is 1. The fourth-order valence-electron chi connectivity index (χ4n) is 4.74. The van der Waals surface area contributed by atoms with E-state index in [-0.39, 0.29) is 34.7 Å². The minimum atomic E-state index is -4.55. The van der Waals surface area contributed by atoms with Crippen LogP contribution in [0, 0.1) is 5.92 Å². The first-order valence-electron chi connectivity index (χ1n) is 11.9. The second-order valence-corrected chi connectivity index (χ2v) is 12.6. The number of alkyl halides is 3. The number of aromatic nitrogens is 2. The lowest BCUT2D eigenvalue weighted by Crippen LogP contribution is -2.39. The minimum Gasteiger partial charge on any atom is -0.351 e. The summed E-state index contributed by atoms with van der Waals surface area (Å²) in [6.07, 6.45) is 0.0253. The number of primary sulfonamides is 1. The zero-order chi connectivity index (χ0) is 27.9. The van der Waals surface area contributed by atoms with Crippen molar-refractivity contribution < 1.29 is 26.4 Å². The molecule has 2 aliphatic heterocycles. The molecule has 0 saturated carbocycles.